The van der Waals surface area contributed by atoms with Crippen LogP contribution in [-0.2, 0) is 76.0 Å². The number of allylic oxidation sites excluding steroid dienone is 1. The number of esters is 4. The third-order valence-corrected chi connectivity index (χ3v) is 15.7. The number of hydrogen-bond donors (Lipinski definition) is 7. The molecule has 0 aliphatic carbocycles. The summed E-state index contributed by atoms with van der Waals surface area (Å²) in [6.45, 7) is 15.3. The molecule has 5 aliphatic rings. The molecule has 7 N–H and O–H groups in total. The van der Waals surface area contributed by atoms with Crippen molar-refractivity contribution in [2.24, 2.45) is 11.8 Å². The van der Waals surface area contributed by atoms with E-state index in [1.54, 1.807) is 27.7 Å². The van der Waals surface area contributed by atoms with Crippen LogP contribution in [0.25, 0.3) is 0 Å². The van der Waals surface area contributed by atoms with Gasteiger partial charge in [0.15, 0.2) is 43.5 Å². The van der Waals surface area contributed by atoms with Crippen molar-refractivity contribution in [2.75, 3.05) is 6.61 Å². The van der Waals surface area contributed by atoms with E-state index >= 15 is 0 Å². The van der Waals surface area contributed by atoms with Crippen molar-refractivity contribution in [3.63, 3.8) is 0 Å². The highest BCUT2D eigenvalue weighted by Gasteiger charge is 2.58. The predicted octanol–water partition coefficient (Wildman–Crippen LogP) is 3.06. The minimum absolute atomic E-state index is 0.0970. The molecule has 0 amide bonds. The maximum absolute atomic E-state index is 14.1. The average molecular weight is 1120 g/mol. The molecule has 0 aromatic heterocycles. The molecule has 5 heterocycles. The first-order valence-corrected chi connectivity index (χ1v) is 28.4. The minimum Gasteiger partial charge on any atom is -0.463 e. The molecule has 450 valence electrons. The first-order valence-electron chi connectivity index (χ1n) is 28.4. The molecule has 24 unspecified atom stereocenters. The lowest BCUT2D eigenvalue weighted by Crippen LogP contribution is -2.68. The molecule has 0 aromatic carbocycles. The fraction of sp³-hybridized carbons (Fsp3) is 0.891. The summed E-state index contributed by atoms with van der Waals surface area (Å²) in [5.41, 5.74) is 0.239. The highest BCUT2D eigenvalue weighted by molar-refractivity contribution is 5.87. The zero-order valence-corrected chi connectivity index (χ0v) is 47.2. The lowest BCUT2D eigenvalue weighted by Gasteiger charge is -2.50. The van der Waals surface area contributed by atoms with E-state index in [4.69, 9.17) is 56.8 Å². The van der Waals surface area contributed by atoms with Crippen LogP contribution >= 0.6 is 0 Å². The van der Waals surface area contributed by atoms with Crippen LogP contribution in [0.3, 0.4) is 0 Å². The van der Waals surface area contributed by atoms with Crippen molar-refractivity contribution in [1.29, 1.82) is 0 Å². The first kappa shape index (κ1) is 65.8. The number of ether oxygens (including phenoxy) is 12. The number of aliphatic hydroxyl groups is 7. The molecule has 0 spiro atoms. The molecule has 5 fully saturated rings. The van der Waals surface area contributed by atoms with Crippen LogP contribution in [0.2, 0.25) is 0 Å². The lowest BCUT2D eigenvalue weighted by molar-refractivity contribution is -0.399. The second-order valence-electron chi connectivity index (χ2n) is 21.9. The van der Waals surface area contributed by atoms with Gasteiger partial charge in [-0.1, -0.05) is 84.6 Å². The summed E-state index contributed by atoms with van der Waals surface area (Å²) in [6, 6.07) is 0. The molecule has 0 aromatic rings. The molecule has 5 aliphatic heterocycles. The largest absolute Gasteiger partial charge is 0.463 e. The fourth-order valence-electron chi connectivity index (χ4n) is 9.90. The number of aliphatic hydroxyl groups excluding tert-OH is 7. The Morgan fingerprint density at radius 3 is 1.88 bits per heavy atom. The summed E-state index contributed by atoms with van der Waals surface area (Å²) >= 11 is 0. The maximum atomic E-state index is 14.1. The van der Waals surface area contributed by atoms with E-state index in [0.717, 1.165) is 51.4 Å². The molecule has 5 rings (SSSR count). The summed E-state index contributed by atoms with van der Waals surface area (Å²) < 4.78 is 74.5. The normalized spacial score (nSPS) is 40.2. The highest BCUT2D eigenvalue weighted by atomic mass is 16.8. The third kappa shape index (κ3) is 17.5. The smallest absolute Gasteiger partial charge is 0.333 e. The van der Waals surface area contributed by atoms with Gasteiger partial charge in [0.05, 0.1) is 42.4 Å². The number of fused-ring (bicyclic) bond motifs is 4. The van der Waals surface area contributed by atoms with Crippen LogP contribution < -0.4 is 0 Å². The molecule has 24 atom stereocenters. The topological polar surface area (TPSA) is 321 Å². The van der Waals surface area contributed by atoms with Gasteiger partial charge in [-0.15, -0.1) is 0 Å². The van der Waals surface area contributed by atoms with Crippen LogP contribution in [-0.4, -0.2) is 201 Å². The van der Waals surface area contributed by atoms with Gasteiger partial charge in [0.2, 0.25) is 0 Å². The van der Waals surface area contributed by atoms with E-state index in [0.29, 0.717) is 32.1 Å². The zero-order chi connectivity index (χ0) is 57.5. The summed E-state index contributed by atoms with van der Waals surface area (Å²) in [7, 11) is 0. The van der Waals surface area contributed by atoms with Crippen molar-refractivity contribution >= 4 is 23.9 Å². The molecule has 5 saturated heterocycles. The van der Waals surface area contributed by atoms with Crippen molar-refractivity contribution in [2.45, 2.75) is 294 Å². The zero-order valence-electron chi connectivity index (χ0n) is 47.2. The van der Waals surface area contributed by atoms with Gasteiger partial charge in [-0.3, -0.25) is 14.4 Å². The van der Waals surface area contributed by atoms with Crippen LogP contribution in [0.5, 0.6) is 0 Å². The summed E-state index contributed by atoms with van der Waals surface area (Å²) in [4.78, 5) is 53.8. The Kier molecular flexibility index (Phi) is 26.5. The quantitative estimate of drug-likeness (QED) is 0.0536. The molecular formula is C55H92O23. The number of rotatable bonds is 15. The number of unbranched alkanes of at least 4 members (excludes halogenated alkanes) is 2. The van der Waals surface area contributed by atoms with Gasteiger partial charge in [0.25, 0.3) is 0 Å². The fourth-order valence-corrected chi connectivity index (χ4v) is 9.90. The SMILES string of the molecule is CC=C(C)C(=O)OC1C(C)OC(OC2C(C)OC3OC4C(OC(COC(=O)C(C)CC)C(O)C4O)OC4C(OC(CCCCC)CCCCCCCCCC(=O)OC2C3OC(=O)C(C)C(C)O)OC(C)C(O)C4O)C(O)C1O. The summed E-state index contributed by atoms with van der Waals surface area (Å²) in [6.07, 6.45) is -22.6. The number of carbonyl (C=O) groups is 4. The van der Waals surface area contributed by atoms with Gasteiger partial charge >= 0.3 is 23.9 Å². The standard InChI is InChI=1S/C55H92O23/c1-11-14-20-23-34-24-21-18-16-15-17-19-22-25-36(57)73-47-44(76-52-42(63)41(62)43(32(9)69-52)74-50(65)28(5)13-3)33(10)70-55(48(47)75-51(66)29(6)30(7)56)78-46-40(61)38(59)35(26-67-49(64)27(4)12-2)72-54(46)77-45-39(60)37(58)31(8)68-53(45)71-34/h13,27,29-35,37-48,52-56,58-63H,11-12,14-26H2,1-10H3. The van der Waals surface area contributed by atoms with Crippen LogP contribution in [0.1, 0.15) is 159 Å². The molecule has 78 heavy (non-hydrogen) atoms. The molecular weight excluding hydrogens is 1030 g/mol. The Hall–Kier alpha value is -2.98. The van der Waals surface area contributed by atoms with Crippen molar-refractivity contribution in [1.82, 2.24) is 0 Å². The Labute approximate surface area is 458 Å². The monoisotopic (exact) mass is 1120 g/mol. The third-order valence-electron chi connectivity index (χ3n) is 15.7. The van der Waals surface area contributed by atoms with E-state index < -0.39 is 171 Å². The molecule has 23 nitrogen and oxygen atoms in total. The average Bonchev–Trinajstić information content (AvgIpc) is 3.40. The number of hydrogen-bond acceptors (Lipinski definition) is 23. The Morgan fingerprint density at radius 1 is 0.641 bits per heavy atom. The second-order valence-corrected chi connectivity index (χ2v) is 21.9. The summed E-state index contributed by atoms with van der Waals surface area (Å²) in [5.74, 6) is -4.90. The number of carbonyl (C=O) groups excluding carboxylic acids is 4. The van der Waals surface area contributed by atoms with Gasteiger partial charge < -0.3 is 92.6 Å². The molecule has 0 radical (unpaired) electrons. The second kappa shape index (κ2) is 31.5. The van der Waals surface area contributed by atoms with Crippen molar-refractivity contribution < 1.29 is 112 Å². The van der Waals surface area contributed by atoms with Crippen LogP contribution in [0.4, 0.5) is 0 Å². The Morgan fingerprint density at radius 2 is 1.24 bits per heavy atom. The lowest BCUT2D eigenvalue weighted by atomic mass is 9.95. The van der Waals surface area contributed by atoms with Gasteiger partial charge in [0, 0.05) is 12.0 Å². The Balaban J connectivity index is 1.60. The van der Waals surface area contributed by atoms with Gasteiger partial charge in [0.1, 0.15) is 67.6 Å². The molecule has 23 heteroatoms. The van der Waals surface area contributed by atoms with E-state index in [9.17, 15) is 54.9 Å². The van der Waals surface area contributed by atoms with Gasteiger partial charge in [-0.2, -0.15) is 0 Å². The van der Waals surface area contributed by atoms with Gasteiger partial charge in [-0.05, 0) is 74.1 Å². The molecule has 0 saturated carbocycles. The van der Waals surface area contributed by atoms with Crippen LogP contribution in [0, 0.1) is 11.8 Å². The van der Waals surface area contributed by atoms with E-state index in [1.165, 1.54) is 40.7 Å². The van der Waals surface area contributed by atoms with Crippen molar-refractivity contribution in [3.05, 3.63) is 11.6 Å². The van der Waals surface area contributed by atoms with Crippen LogP contribution in [0.15, 0.2) is 11.6 Å². The van der Waals surface area contributed by atoms with E-state index in [-0.39, 0.29) is 18.1 Å². The van der Waals surface area contributed by atoms with Crippen molar-refractivity contribution in [3.8, 4) is 0 Å². The molecule has 2 bridgehead atoms. The predicted molar refractivity (Wildman–Crippen MR) is 273 cm³/mol. The highest BCUT2D eigenvalue weighted by Crippen LogP contribution is 2.38. The van der Waals surface area contributed by atoms with Gasteiger partial charge in [-0.25, -0.2) is 4.79 Å². The first-order chi connectivity index (χ1) is 37.0. The summed E-state index contributed by atoms with van der Waals surface area (Å²) in [5, 5.41) is 80.5. The minimum atomic E-state index is -2.01. The maximum Gasteiger partial charge on any atom is 0.333 e. The Bertz CT molecular complexity index is 1890. The van der Waals surface area contributed by atoms with E-state index in [1.807, 2.05) is 0 Å². The van der Waals surface area contributed by atoms with E-state index in [2.05, 4.69) is 6.92 Å².